The SMILES string of the molecule is CC.Cc1cnn(-c2c(C)cc(C(F)(C(F)(F)F)C(F)(F)F)cc2C)c1. The summed E-state index contributed by atoms with van der Waals surface area (Å²) in [5.41, 5.74) is -5.78. The van der Waals surface area contributed by atoms with Crippen molar-refractivity contribution in [3.8, 4) is 5.69 Å². The van der Waals surface area contributed by atoms with Crippen LogP contribution in [0.1, 0.15) is 36.1 Å². The van der Waals surface area contributed by atoms with Gasteiger partial charge in [0.1, 0.15) is 0 Å². The second-order valence-electron chi connectivity index (χ2n) is 5.57. The van der Waals surface area contributed by atoms with Gasteiger partial charge in [-0.25, -0.2) is 9.07 Å². The lowest BCUT2D eigenvalue weighted by Crippen LogP contribution is -2.50. The van der Waals surface area contributed by atoms with Crippen molar-refractivity contribution < 1.29 is 30.7 Å². The van der Waals surface area contributed by atoms with Gasteiger partial charge in [0.2, 0.25) is 0 Å². The summed E-state index contributed by atoms with van der Waals surface area (Å²) in [6, 6.07) is 1.11. The van der Waals surface area contributed by atoms with Crippen molar-refractivity contribution in [1.82, 2.24) is 9.78 Å². The molecule has 0 spiro atoms. The van der Waals surface area contributed by atoms with Gasteiger partial charge in [-0.3, -0.25) is 0 Å². The number of rotatable bonds is 2. The Labute approximate surface area is 146 Å². The van der Waals surface area contributed by atoms with Crippen LogP contribution in [0.2, 0.25) is 0 Å². The maximum atomic E-state index is 14.2. The Morgan fingerprint density at radius 2 is 1.23 bits per heavy atom. The van der Waals surface area contributed by atoms with Crippen LogP contribution >= 0.6 is 0 Å². The van der Waals surface area contributed by atoms with Gasteiger partial charge in [0.15, 0.2) is 0 Å². The van der Waals surface area contributed by atoms with Gasteiger partial charge in [-0.15, -0.1) is 0 Å². The zero-order chi connectivity index (χ0) is 20.5. The number of alkyl halides is 7. The average Bonchev–Trinajstić information content (AvgIpc) is 2.91. The van der Waals surface area contributed by atoms with Crippen LogP contribution in [-0.4, -0.2) is 22.1 Å². The van der Waals surface area contributed by atoms with Gasteiger partial charge in [0.05, 0.1) is 11.9 Å². The van der Waals surface area contributed by atoms with Crippen LogP contribution < -0.4 is 0 Å². The molecule has 1 heterocycles. The van der Waals surface area contributed by atoms with Crippen molar-refractivity contribution in [2.75, 3.05) is 0 Å². The lowest BCUT2D eigenvalue weighted by atomic mass is 9.90. The normalized spacial score (nSPS) is 12.6. The van der Waals surface area contributed by atoms with E-state index in [2.05, 4.69) is 5.10 Å². The standard InChI is InChI=1S/C15H13F7N2.C2H6/c1-8-6-23-24(7-8)12-9(2)4-11(5-10(12)3)13(16,14(17,18)19)15(20,21)22;1-2/h4-7H,1-3H3;1-2H3. The van der Waals surface area contributed by atoms with E-state index in [-0.39, 0.29) is 11.1 Å². The van der Waals surface area contributed by atoms with Gasteiger partial charge in [0.25, 0.3) is 0 Å². The maximum absolute atomic E-state index is 14.2. The van der Waals surface area contributed by atoms with Gasteiger partial charge in [-0.05, 0) is 37.5 Å². The number of aryl methyl sites for hydroxylation is 3. The van der Waals surface area contributed by atoms with E-state index in [4.69, 9.17) is 0 Å². The summed E-state index contributed by atoms with van der Waals surface area (Å²) < 4.78 is 92.7. The van der Waals surface area contributed by atoms with Gasteiger partial charge in [-0.2, -0.15) is 31.4 Å². The summed E-state index contributed by atoms with van der Waals surface area (Å²) in [4.78, 5) is 0. The van der Waals surface area contributed by atoms with Crippen molar-refractivity contribution in [2.45, 2.75) is 52.6 Å². The summed E-state index contributed by atoms with van der Waals surface area (Å²) in [6.45, 7) is 8.33. The molecule has 0 bridgehead atoms. The molecule has 26 heavy (non-hydrogen) atoms. The topological polar surface area (TPSA) is 17.8 Å². The maximum Gasteiger partial charge on any atom is 0.435 e. The van der Waals surface area contributed by atoms with Crippen LogP contribution in [0, 0.1) is 20.8 Å². The highest BCUT2D eigenvalue weighted by molar-refractivity contribution is 5.51. The van der Waals surface area contributed by atoms with Crippen molar-refractivity contribution >= 4 is 0 Å². The Morgan fingerprint density at radius 3 is 1.54 bits per heavy atom. The van der Waals surface area contributed by atoms with E-state index >= 15 is 0 Å². The molecule has 0 fully saturated rings. The number of benzene rings is 1. The Hall–Kier alpha value is -2.06. The zero-order valence-corrected chi connectivity index (χ0v) is 14.8. The fraction of sp³-hybridized carbons (Fsp3) is 0.471. The number of hydrogen-bond acceptors (Lipinski definition) is 1. The van der Waals surface area contributed by atoms with Crippen molar-refractivity contribution in [3.63, 3.8) is 0 Å². The van der Waals surface area contributed by atoms with Gasteiger partial charge >= 0.3 is 18.0 Å². The van der Waals surface area contributed by atoms with Gasteiger partial charge < -0.3 is 0 Å². The van der Waals surface area contributed by atoms with E-state index in [1.807, 2.05) is 13.8 Å². The first-order valence-corrected chi connectivity index (χ1v) is 7.74. The summed E-state index contributed by atoms with van der Waals surface area (Å²) in [7, 11) is 0. The Kier molecular flexibility index (Phi) is 6.16. The molecule has 0 N–H and O–H groups in total. The molecule has 0 atom stereocenters. The van der Waals surface area contributed by atoms with E-state index in [1.54, 1.807) is 13.1 Å². The third-order valence-corrected chi connectivity index (χ3v) is 3.61. The van der Waals surface area contributed by atoms with Crippen LogP contribution in [0.3, 0.4) is 0 Å². The second-order valence-corrected chi connectivity index (χ2v) is 5.57. The number of aromatic nitrogens is 2. The fourth-order valence-corrected chi connectivity index (χ4v) is 2.54. The summed E-state index contributed by atoms with van der Waals surface area (Å²) >= 11 is 0. The van der Waals surface area contributed by atoms with Crippen molar-refractivity contribution in [3.05, 3.63) is 46.8 Å². The van der Waals surface area contributed by atoms with E-state index in [0.717, 1.165) is 5.56 Å². The van der Waals surface area contributed by atoms with Crippen LogP contribution in [-0.2, 0) is 5.67 Å². The Balaban J connectivity index is 0.00000163. The molecule has 0 amide bonds. The number of nitrogens with zero attached hydrogens (tertiary/aromatic N) is 2. The number of halogens is 7. The molecule has 1 aromatic heterocycles. The predicted octanol–water partition coefficient (Wildman–Crippen LogP) is 6.11. The van der Waals surface area contributed by atoms with E-state index in [1.165, 1.54) is 24.7 Å². The molecule has 0 saturated carbocycles. The molecule has 0 unspecified atom stereocenters. The highest BCUT2D eigenvalue weighted by Gasteiger charge is 2.73. The van der Waals surface area contributed by atoms with E-state index in [0.29, 0.717) is 17.8 Å². The lowest BCUT2D eigenvalue weighted by Gasteiger charge is -2.31. The number of hydrogen-bond donors (Lipinski definition) is 0. The van der Waals surface area contributed by atoms with Crippen LogP contribution in [0.25, 0.3) is 5.69 Å². The Morgan fingerprint density at radius 1 is 0.808 bits per heavy atom. The smallest absolute Gasteiger partial charge is 0.240 e. The molecular formula is C17H19F7N2. The first-order chi connectivity index (χ1) is 11.8. The molecule has 2 rings (SSSR count). The fourth-order valence-electron chi connectivity index (χ4n) is 2.54. The van der Waals surface area contributed by atoms with Crippen molar-refractivity contribution in [2.24, 2.45) is 0 Å². The molecule has 0 aliphatic carbocycles. The molecule has 0 aliphatic rings. The molecule has 146 valence electrons. The quantitative estimate of drug-likeness (QED) is 0.571. The minimum Gasteiger partial charge on any atom is -0.240 e. The monoisotopic (exact) mass is 384 g/mol. The summed E-state index contributed by atoms with van der Waals surface area (Å²) in [6.07, 6.45) is -9.22. The minimum absolute atomic E-state index is 0.0450. The van der Waals surface area contributed by atoms with Gasteiger partial charge in [0, 0.05) is 11.8 Å². The molecule has 0 saturated heterocycles. The second kappa shape index (κ2) is 7.28. The Bertz CT molecular complexity index is 720. The van der Waals surface area contributed by atoms with Crippen LogP contribution in [0.15, 0.2) is 24.5 Å². The zero-order valence-electron chi connectivity index (χ0n) is 14.8. The highest BCUT2D eigenvalue weighted by Crippen LogP contribution is 2.53. The third kappa shape index (κ3) is 3.71. The van der Waals surface area contributed by atoms with Crippen LogP contribution in [0.5, 0.6) is 0 Å². The molecule has 0 aliphatic heterocycles. The molecule has 2 nitrogen and oxygen atoms in total. The average molecular weight is 384 g/mol. The summed E-state index contributed by atoms with van der Waals surface area (Å²) in [5, 5.41) is 3.98. The molecule has 1 aromatic carbocycles. The molecule has 0 radical (unpaired) electrons. The van der Waals surface area contributed by atoms with Gasteiger partial charge in [-0.1, -0.05) is 26.0 Å². The lowest BCUT2D eigenvalue weighted by molar-refractivity contribution is -0.348. The largest absolute Gasteiger partial charge is 0.435 e. The van der Waals surface area contributed by atoms with E-state index in [9.17, 15) is 30.7 Å². The van der Waals surface area contributed by atoms with Crippen molar-refractivity contribution in [1.29, 1.82) is 0 Å². The predicted molar refractivity (Wildman–Crippen MR) is 84.0 cm³/mol. The van der Waals surface area contributed by atoms with E-state index < -0.39 is 23.6 Å². The van der Waals surface area contributed by atoms with Crippen LogP contribution in [0.4, 0.5) is 30.7 Å². The first-order valence-electron chi connectivity index (χ1n) is 7.74. The molecular weight excluding hydrogens is 365 g/mol. The third-order valence-electron chi connectivity index (χ3n) is 3.61. The molecule has 9 heteroatoms. The molecule has 2 aromatic rings. The minimum atomic E-state index is -6.13. The summed E-state index contributed by atoms with van der Waals surface area (Å²) in [5.74, 6) is 0. The highest BCUT2D eigenvalue weighted by atomic mass is 19.4. The first kappa shape index (κ1) is 22.0.